The van der Waals surface area contributed by atoms with E-state index < -0.39 is 0 Å². The van der Waals surface area contributed by atoms with Crippen LogP contribution in [0.15, 0.2) is 24.3 Å². The van der Waals surface area contributed by atoms with Gasteiger partial charge >= 0.3 is 0 Å². The molecule has 0 spiro atoms. The lowest BCUT2D eigenvalue weighted by Gasteiger charge is -2.43. The predicted molar refractivity (Wildman–Crippen MR) is 68.6 cm³/mol. The monoisotopic (exact) mass is 221 g/mol. The minimum absolute atomic E-state index is 0.00125. The maximum absolute atomic E-state index is 9.62. The van der Waals surface area contributed by atoms with Crippen LogP contribution in [0, 0.1) is 5.92 Å². The zero-order valence-electron chi connectivity index (χ0n) is 11.0. The first kappa shape index (κ1) is 13.0. The van der Waals surface area contributed by atoms with Crippen molar-refractivity contribution in [1.29, 1.82) is 0 Å². The Kier molecular flexibility index (Phi) is 3.98. The Hall–Kier alpha value is -1.02. The Labute approximate surface area is 98.9 Å². The SMILES string of the molecule is CC[C@@](c1cccc(O)c1)(C(C)C)N(C)C. The van der Waals surface area contributed by atoms with Crippen LogP contribution in [0.1, 0.15) is 32.8 Å². The molecule has 1 aromatic rings. The first-order chi connectivity index (χ1) is 7.45. The molecule has 0 aromatic heterocycles. The van der Waals surface area contributed by atoms with Crippen LogP contribution in [0.25, 0.3) is 0 Å². The first-order valence-electron chi connectivity index (χ1n) is 5.92. The largest absolute Gasteiger partial charge is 0.508 e. The van der Waals surface area contributed by atoms with E-state index >= 15 is 0 Å². The standard InChI is InChI=1S/C14H23NO/c1-6-14(11(2)3,15(4)5)12-8-7-9-13(16)10-12/h7-11,16H,6H2,1-5H3/t14-/m0/s1. The molecule has 0 bridgehead atoms. The van der Waals surface area contributed by atoms with Crippen LogP contribution in [0.5, 0.6) is 5.75 Å². The summed E-state index contributed by atoms with van der Waals surface area (Å²) in [6.07, 6.45) is 1.03. The average Bonchev–Trinajstić information content (AvgIpc) is 2.18. The van der Waals surface area contributed by atoms with Crippen molar-refractivity contribution >= 4 is 0 Å². The fraction of sp³-hybridized carbons (Fsp3) is 0.571. The molecule has 1 atom stereocenters. The summed E-state index contributed by atoms with van der Waals surface area (Å²) in [5.41, 5.74) is 1.19. The molecule has 0 aliphatic rings. The van der Waals surface area contributed by atoms with Crippen molar-refractivity contribution < 1.29 is 5.11 Å². The minimum atomic E-state index is -0.00125. The van der Waals surface area contributed by atoms with Gasteiger partial charge in [0, 0.05) is 5.54 Å². The molecule has 2 nitrogen and oxygen atoms in total. The molecular weight excluding hydrogens is 198 g/mol. The van der Waals surface area contributed by atoms with E-state index in [1.807, 2.05) is 12.1 Å². The minimum Gasteiger partial charge on any atom is -0.508 e. The molecule has 0 heterocycles. The van der Waals surface area contributed by atoms with Gasteiger partial charge in [-0.2, -0.15) is 0 Å². The molecule has 2 heteroatoms. The van der Waals surface area contributed by atoms with E-state index in [1.54, 1.807) is 6.07 Å². The highest BCUT2D eigenvalue weighted by Crippen LogP contribution is 2.38. The molecule has 0 unspecified atom stereocenters. The molecule has 1 N–H and O–H groups in total. The van der Waals surface area contributed by atoms with Crippen LogP contribution >= 0.6 is 0 Å². The zero-order chi connectivity index (χ0) is 12.3. The van der Waals surface area contributed by atoms with Gasteiger partial charge in [0.15, 0.2) is 0 Å². The summed E-state index contributed by atoms with van der Waals surface area (Å²) < 4.78 is 0. The third-order valence-corrected chi connectivity index (χ3v) is 3.64. The van der Waals surface area contributed by atoms with E-state index in [0.29, 0.717) is 11.7 Å². The van der Waals surface area contributed by atoms with E-state index in [2.05, 4.69) is 45.8 Å². The van der Waals surface area contributed by atoms with Gasteiger partial charge < -0.3 is 5.11 Å². The van der Waals surface area contributed by atoms with Gasteiger partial charge in [0.1, 0.15) is 5.75 Å². The highest BCUT2D eigenvalue weighted by molar-refractivity contribution is 5.33. The average molecular weight is 221 g/mol. The van der Waals surface area contributed by atoms with E-state index in [-0.39, 0.29) is 5.54 Å². The van der Waals surface area contributed by atoms with Crippen LogP contribution in [0.4, 0.5) is 0 Å². The van der Waals surface area contributed by atoms with E-state index in [1.165, 1.54) is 5.56 Å². The van der Waals surface area contributed by atoms with Crippen LogP contribution < -0.4 is 0 Å². The van der Waals surface area contributed by atoms with E-state index in [9.17, 15) is 5.11 Å². The lowest BCUT2D eigenvalue weighted by Crippen LogP contribution is -2.45. The molecule has 0 radical (unpaired) electrons. The normalized spacial score (nSPS) is 15.4. The second-order valence-corrected chi connectivity index (χ2v) is 4.88. The number of benzene rings is 1. The van der Waals surface area contributed by atoms with Gasteiger partial charge in [-0.15, -0.1) is 0 Å². The van der Waals surface area contributed by atoms with Crippen LogP contribution in [0.2, 0.25) is 0 Å². The van der Waals surface area contributed by atoms with Crippen molar-refractivity contribution in [1.82, 2.24) is 4.90 Å². The molecule has 1 aromatic carbocycles. The second kappa shape index (κ2) is 4.88. The molecule has 0 saturated carbocycles. The number of hydrogen-bond acceptors (Lipinski definition) is 2. The summed E-state index contributed by atoms with van der Waals surface area (Å²) in [5, 5.41) is 9.62. The van der Waals surface area contributed by atoms with Gasteiger partial charge in [-0.3, -0.25) is 4.90 Å². The Morgan fingerprint density at radius 2 is 1.94 bits per heavy atom. The van der Waals surface area contributed by atoms with Gasteiger partial charge in [0.05, 0.1) is 0 Å². The quantitative estimate of drug-likeness (QED) is 0.844. The van der Waals surface area contributed by atoms with Crippen molar-refractivity contribution in [2.24, 2.45) is 5.92 Å². The molecule has 0 fully saturated rings. The first-order valence-corrected chi connectivity index (χ1v) is 5.92. The number of phenols is 1. The molecular formula is C14H23NO. The zero-order valence-corrected chi connectivity index (χ0v) is 11.0. The lowest BCUT2D eigenvalue weighted by atomic mass is 9.76. The summed E-state index contributed by atoms with van der Waals surface area (Å²) in [5.74, 6) is 0.840. The summed E-state index contributed by atoms with van der Waals surface area (Å²) in [6, 6.07) is 7.62. The highest BCUT2D eigenvalue weighted by atomic mass is 16.3. The van der Waals surface area contributed by atoms with E-state index in [0.717, 1.165) is 6.42 Å². The Bertz CT molecular complexity index is 336. The molecule has 0 saturated heterocycles. The fourth-order valence-electron chi connectivity index (χ4n) is 2.81. The van der Waals surface area contributed by atoms with Crippen LogP contribution in [-0.2, 0) is 5.54 Å². The maximum Gasteiger partial charge on any atom is 0.115 e. The number of aromatic hydroxyl groups is 1. The Morgan fingerprint density at radius 3 is 2.31 bits per heavy atom. The molecule has 90 valence electrons. The number of hydrogen-bond donors (Lipinski definition) is 1. The van der Waals surface area contributed by atoms with E-state index in [4.69, 9.17) is 0 Å². The van der Waals surface area contributed by atoms with Gasteiger partial charge in [-0.05, 0) is 44.1 Å². The Morgan fingerprint density at radius 1 is 1.31 bits per heavy atom. The molecule has 0 aliphatic heterocycles. The van der Waals surface area contributed by atoms with Crippen molar-refractivity contribution in [3.05, 3.63) is 29.8 Å². The summed E-state index contributed by atoms with van der Waals surface area (Å²) >= 11 is 0. The van der Waals surface area contributed by atoms with Crippen molar-refractivity contribution in [2.45, 2.75) is 32.7 Å². The van der Waals surface area contributed by atoms with Crippen LogP contribution in [0.3, 0.4) is 0 Å². The smallest absolute Gasteiger partial charge is 0.115 e. The lowest BCUT2D eigenvalue weighted by molar-refractivity contribution is 0.0872. The van der Waals surface area contributed by atoms with Gasteiger partial charge in [0.25, 0.3) is 0 Å². The third kappa shape index (κ3) is 2.07. The summed E-state index contributed by atoms with van der Waals surface area (Å²) in [7, 11) is 4.21. The van der Waals surface area contributed by atoms with Gasteiger partial charge in [0.2, 0.25) is 0 Å². The topological polar surface area (TPSA) is 23.5 Å². The van der Waals surface area contributed by atoms with Crippen molar-refractivity contribution in [3.63, 3.8) is 0 Å². The molecule has 0 amide bonds. The van der Waals surface area contributed by atoms with Crippen LogP contribution in [-0.4, -0.2) is 24.1 Å². The van der Waals surface area contributed by atoms with Gasteiger partial charge in [-0.1, -0.05) is 32.9 Å². The fourth-order valence-corrected chi connectivity index (χ4v) is 2.81. The maximum atomic E-state index is 9.62. The molecule has 1 rings (SSSR count). The number of rotatable bonds is 4. The second-order valence-electron chi connectivity index (χ2n) is 4.88. The predicted octanol–water partition coefficient (Wildman–Crippen LogP) is 3.22. The summed E-state index contributed by atoms with van der Waals surface area (Å²) in [6.45, 7) is 6.66. The summed E-state index contributed by atoms with van der Waals surface area (Å²) in [4.78, 5) is 2.26. The molecule has 16 heavy (non-hydrogen) atoms. The van der Waals surface area contributed by atoms with Gasteiger partial charge in [-0.25, -0.2) is 0 Å². The van der Waals surface area contributed by atoms with Crippen molar-refractivity contribution in [2.75, 3.05) is 14.1 Å². The van der Waals surface area contributed by atoms with Crippen molar-refractivity contribution in [3.8, 4) is 5.75 Å². The third-order valence-electron chi connectivity index (χ3n) is 3.64. The molecule has 0 aliphatic carbocycles. The highest BCUT2D eigenvalue weighted by Gasteiger charge is 2.36. The Balaban J connectivity index is 3.30. The number of phenolic OH excluding ortho intramolecular Hbond substituents is 1. The number of nitrogens with zero attached hydrogens (tertiary/aromatic N) is 1.